The van der Waals surface area contributed by atoms with Gasteiger partial charge in [-0.05, 0) is 41.9 Å². The van der Waals surface area contributed by atoms with E-state index in [2.05, 4.69) is 49.9 Å². The minimum atomic E-state index is -1.93. The average molecular weight is 673 g/mol. The lowest BCUT2D eigenvalue weighted by molar-refractivity contribution is 0.0254. The number of aromatic nitrogens is 2. The van der Waals surface area contributed by atoms with E-state index >= 15 is 0 Å². The molecular formula is C36H44N4O7Si. The maximum absolute atomic E-state index is 13.3. The molecule has 1 fully saturated rings. The molecular weight excluding hydrogens is 629 g/mol. The average Bonchev–Trinajstić information content (AvgIpc) is 3.51. The molecule has 5 rings (SSSR count). The zero-order chi connectivity index (χ0) is 34.6. The summed E-state index contributed by atoms with van der Waals surface area (Å²) in [7, 11) is 2.90. The quantitative estimate of drug-likeness (QED) is 0.152. The summed E-state index contributed by atoms with van der Waals surface area (Å²) in [5, 5.41) is 10.1. The zero-order valence-corrected chi connectivity index (χ0v) is 30.0. The molecule has 1 saturated heterocycles. The fraction of sp³-hybridized carbons (Fsp3) is 0.444. The molecule has 254 valence electrons. The standard InChI is InChI=1S/C36H44N4O7Si/c1-36(2,3)48(7,8)45-16-13-40(4)35(41)25-18-29(42-5)33(39-21-25)30-19-27-34(47-30)32(31(43-6)22-38-27)23-9-10-28(24(17-23)20-37)46-26-11-14-44-15-12-26/h9-10,17-19,21-22,26H,11-16H2,1-8H3. The molecule has 0 bridgehead atoms. The Morgan fingerprint density at radius 1 is 1.04 bits per heavy atom. The highest BCUT2D eigenvalue weighted by Gasteiger charge is 2.37. The van der Waals surface area contributed by atoms with Gasteiger partial charge in [-0.2, -0.15) is 5.26 Å². The number of nitrogens with zero attached hydrogens (tertiary/aromatic N) is 4. The van der Waals surface area contributed by atoms with Gasteiger partial charge in [-0.1, -0.05) is 26.8 Å². The molecule has 12 heteroatoms. The van der Waals surface area contributed by atoms with Crippen molar-refractivity contribution in [3.05, 3.63) is 53.9 Å². The molecule has 0 spiro atoms. The lowest BCUT2D eigenvalue weighted by Crippen LogP contribution is -2.43. The Labute approximate surface area is 282 Å². The van der Waals surface area contributed by atoms with Gasteiger partial charge in [-0.3, -0.25) is 4.79 Å². The number of likely N-dealkylation sites (N-methyl/N-ethyl adjacent to an activating group) is 1. The second kappa shape index (κ2) is 14.4. The van der Waals surface area contributed by atoms with Crippen LogP contribution in [-0.2, 0) is 9.16 Å². The van der Waals surface area contributed by atoms with Crippen molar-refractivity contribution in [1.29, 1.82) is 5.26 Å². The van der Waals surface area contributed by atoms with Crippen LogP contribution >= 0.6 is 0 Å². The number of furan rings is 1. The number of rotatable bonds is 11. The van der Waals surface area contributed by atoms with Gasteiger partial charge in [0, 0.05) is 38.7 Å². The molecule has 0 N–H and O–H groups in total. The first-order valence-corrected chi connectivity index (χ1v) is 19.0. The van der Waals surface area contributed by atoms with Crippen molar-refractivity contribution in [2.45, 2.75) is 57.8 Å². The monoisotopic (exact) mass is 672 g/mol. The van der Waals surface area contributed by atoms with E-state index < -0.39 is 8.32 Å². The van der Waals surface area contributed by atoms with Crippen LogP contribution in [0.4, 0.5) is 0 Å². The van der Waals surface area contributed by atoms with Crippen molar-refractivity contribution in [2.24, 2.45) is 0 Å². The largest absolute Gasteiger partial charge is 0.494 e. The second-order valence-electron chi connectivity index (χ2n) is 13.4. The van der Waals surface area contributed by atoms with Gasteiger partial charge in [0.15, 0.2) is 19.7 Å². The van der Waals surface area contributed by atoms with Gasteiger partial charge in [-0.25, -0.2) is 9.97 Å². The van der Waals surface area contributed by atoms with E-state index in [1.807, 2.05) is 6.07 Å². The predicted molar refractivity (Wildman–Crippen MR) is 185 cm³/mol. The highest BCUT2D eigenvalue weighted by atomic mass is 28.4. The summed E-state index contributed by atoms with van der Waals surface area (Å²) < 4.78 is 35.6. The molecule has 4 aromatic rings. The minimum Gasteiger partial charge on any atom is -0.494 e. The van der Waals surface area contributed by atoms with E-state index in [-0.39, 0.29) is 17.0 Å². The number of benzene rings is 1. The third-order valence-electron chi connectivity index (χ3n) is 9.17. The van der Waals surface area contributed by atoms with E-state index in [0.717, 1.165) is 12.8 Å². The van der Waals surface area contributed by atoms with E-state index in [0.29, 0.717) is 88.4 Å². The van der Waals surface area contributed by atoms with Crippen LogP contribution in [0.3, 0.4) is 0 Å². The molecule has 3 aromatic heterocycles. The molecule has 11 nitrogen and oxygen atoms in total. The van der Waals surface area contributed by atoms with Crippen molar-refractivity contribution in [1.82, 2.24) is 14.9 Å². The van der Waals surface area contributed by atoms with E-state index in [1.165, 1.54) is 13.3 Å². The third-order valence-corrected chi connectivity index (χ3v) is 13.7. The molecule has 48 heavy (non-hydrogen) atoms. The third kappa shape index (κ3) is 7.33. The SMILES string of the molecule is COc1cc(C(=O)N(C)CCO[Si](C)(C)C(C)(C)C)cnc1-c1cc2ncc(OC)c(-c3ccc(OC4CCOCC4)c(C#N)c3)c2o1. The van der Waals surface area contributed by atoms with Crippen molar-refractivity contribution >= 4 is 25.3 Å². The van der Waals surface area contributed by atoms with Gasteiger partial charge < -0.3 is 32.7 Å². The molecule has 4 heterocycles. The summed E-state index contributed by atoms with van der Waals surface area (Å²) in [6.45, 7) is 13.1. The topological polar surface area (TPSA) is 129 Å². The number of carbonyl (C=O) groups excluding carboxylic acids is 1. The molecule has 0 atom stereocenters. The molecule has 1 aliphatic heterocycles. The van der Waals surface area contributed by atoms with E-state index in [1.54, 1.807) is 49.5 Å². The van der Waals surface area contributed by atoms with E-state index in [9.17, 15) is 10.1 Å². The molecule has 0 saturated carbocycles. The molecule has 0 aliphatic carbocycles. The van der Waals surface area contributed by atoms with E-state index in [4.69, 9.17) is 27.8 Å². The second-order valence-corrected chi connectivity index (χ2v) is 18.2. The number of fused-ring (bicyclic) bond motifs is 1. The van der Waals surface area contributed by atoms with Crippen LogP contribution in [0.5, 0.6) is 17.2 Å². The van der Waals surface area contributed by atoms with Crippen molar-refractivity contribution in [2.75, 3.05) is 47.6 Å². The van der Waals surface area contributed by atoms with Crippen LogP contribution in [0, 0.1) is 11.3 Å². The molecule has 1 aromatic carbocycles. The summed E-state index contributed by atoms with van der Waals surface area (Å²) in [6, 6.07) is 11.1. The van der Waals surface area contributed by atoms with Crippen LogP contribution in [0.2, 0.25) is 18.1 Å². The Morgan fingerprint density at radius 2 is 1.77 bits per heavy atom. The Balaban J connectivity index is 1.42. The molecule has 1 amide bonds. The maximum atomic E-state index is 13.3. The van der Waals surface area contributed by atoms with Gasteiger partial charge in [0.05, 0.1) is 56.9 Å². The molecule has 0 radical (unpaired) electrons. The predicted octanol–water partition coefficient (Wildman–Crippen LogP) is 7.10. The molecule has 0 unspecified atom stereocenters. The Morgan fingerprint density at radius 3 is 2.44 bits per heavy atom. The van der Waals surface area contributed by atoms with Crippen LogP contribution < -0.4 is 14.2 Å². The Hall–Kier alpha value is -4.44. The lowest BCUT2D eigenvalue weighted by Gasteiger charge is -2.36. The molecule has 1 aliphatic rings. The number of hydrogen-bond acceptors (Lipinski definition) is 10. The first-order chi connectivity index (χ1) is 22.9. The minimum absolute atomic E-state index is 0.00239. The highest BCUT2D eigenvalue weighted by molar-refractivity contribution is 6.74. The van der Waals surface area contributed by atoms with Gasteiger partial charge in [0.1, 0.15) is 40.6 Å². The summed E-state index contributed by atoms with van der Waals surface area (Å²) in [5.41, 5.74) is 3.56. The van der Waals surface area contributed by atoms with Gasteiger partial charge in [0.2, 0.25) is 0 Å². The van der Waals surface area contributed by atoms with Gasteiger partial charge >= 0.3 is 0 Å². The summed E-state index contributed by atoms with van der Waals surface area (Å²) >= 11 is 0. The number of hydrogen-bond donors (Lipinski definition) is 0. The fourth-order valence-corrected chi connectivity index (χ4v) is 6.27. The number of ether oxygens (including phenoxy) is 4. The lowest BCUT2D eigenvalue weighted by atomic mass is 10.0. The summed E-state index contributed by atoms with van der Waals surface area (Å²) in [5.74, 6) is 1.59. The zero-order valence-electron chi connectivity index (χ0n) is 29.0. The van der Waals surface area contributed by atoms with Crippen LogP contribution in [0.15, 0.2) is 47.1 Å². The number of methoxy groups -OCH3 is 2. The Kier molecular flexibility index (Phi) is 10.4. The maximum Gasteiger partial charge on any atom is 0.255 e. The smallest absolute Gasteiger partial charge is 0.255 e. The normalized spacial score (nSPS) is 14.1. The summed E-state index contributed by atoms with van der Waals surface area (Å²) in [4.78, 5) is 24.1. The Bertz CT molecular complexity index is 1820. The number of amides is 1. The van der Waals surface area contributed by atoms with Crippen LogP contribution in [-0.4, -0.2) is 82.8 Å². The summed E-state index contributed by atoms with van der Waals surface area (Å²) in [6.07, 6.45) is 4.68. The first kappa shape index (κ1) is 34.9. The van der Waals surface area contributed by atoms with Gasteiger partial charge in [0.25, 0.3) is 5.91 Å². The van der Waals surface area contributed by atoms with Crippen molar-refractivity contribution in [3.63, 3.8) is 0 Å². The van der Waals surface area contributed by atoms with Crippen LogP contribution in [0.25, 0.3) is 33.7 Å². The van der Waals surface area contributed by atoms with Crippen molar-refractivity contribution in [3.8, 4) is 45.9 Å². The van der Waals surface area contributed by atoms with Crippen molar-refractivity contribution < 1.29 is 32.6 Å². The first-order valence-electron chi connectivity index (χ1n) is 16.1. The number of carbonyl (C=O) groups is 1. The number of pyridine rings is 2. The van der Waals surface area contributed by atoms with Crippen LogP contribution in [0.1, 0.15) is 49.5 Å². The highest BCUT2D eigenvalue weighted by Crippen LogP contribution is 2.42. The van der Waals surface area contributed by atoms with Gasteiger partial charge in [-0.15, -0.1) is 0 Å². The fourth-order valence-electron chi connectivity index (χ4n) is 5.23. The number of nitriles is 1.